The zero-order valence-corrected chi connectivity index (χ0v) is 19.5. The Kier molecular flexibility index (Phi) is 6.78. The Morgan fingerprint density at radius 2 is 1.62 bits per heavy atom. The number of amides is 2. The molecule has 3 aromatic carbocycles. The molecule has 1 aromatic heterocycles. The maximum absolute atomic E-state index is 12.9. The van der Waals surface area contributed by atoms with Gasteiger partial charge in [-0.15, -0.1) is 0 Å². The number of rotatable bonds is 5. The van der Waals surface area contributed by atoms with Gasteiger partial charge >= 0.3 is 12.2 Å². The lowest BCUT2D eigenvalue weighted by Gasteiger charge is -2.27. The van der Waals surface area contributed by atoms with Gasteiger partial charge in [-0.2, -0.15) is 13.2 Å². The van der Waals surface area contributed by atoms with E-state index >= 15 is 0 Å². The van der Waals surface area contributed by atoms with Crippen LogP contribution in [0, 0.1) is 0 Å². The number of morpholine rings is 1. The molecule has 4 aromatic rings. The van der Waals surface area contributed by atoms with E-state index in [0.717, 1.165) is 36.6 Å². The second kappa shape index (κ2) is 10.3. The van der Waals surface area contributed by atoms with Crippen molar-refractivity contribution in [1.82, 2.24) is 9.97 Å². The minimum absolute atomic E-state index is 0.0310. The number of halogens is 3. The molecule has 0 saturated carbocycles. The molecule has 1 fully saturated rings. The number of benzene rings is 3. The molecule has 0 unspecified atom stereocenters. The van der Waals surface area contributed by atoms with Crippen LogP contribution >= 0.6 is 0 Å². The van der Waals surface area contributed by atoms with E-state index in [-0.39, 0.29) is 5.69 Å². The molecule has 2 heterocycles. The van der Waals surface area contributed by atoms with Crippen LogP contribution in [0.1, 0.15) is 5.56 Å². The summed E-state index contributed by atoms with van der Waals surface area (Å²) in [5.74, 6) is 1.89. The Bertz CT molecular complexity index is 1410. The first-order valence-electron chi connectivity index (χ1n) is 11.5. The van der Waals surface area contributed by atoms with Gasteiger partial charge in [-0.25, -0.2) is 9.78 Å². The lowest BCUT2D eigenvalue weighted by atomic mass is 10.2. The highest BCUT2D eigenvalue weighted by atomic mass is 19.4. The average molecular weight is 509 g/mol. The second-order valence-corrected chi connectivity index (χ2v) is 8.26. The third-order valence-corrected chi connectivity index (χ3v) is 5.63. The lowest BCUT2D eigenvalue weighted by molar-refractivity contribution is -0.137. The third-order valence-electron chi connectivity index (χ3n) is 5.63. The molecular formula is C26H22F3N5O3. The average Bonchev–Trinajstić information content (AvgIpc) is 2.89. The molecule has 1 saturated heterocycles. The number of hydrogen-bond acceptors (Lipinski definition) is 6. The SMILES string of the molecule is O=C(Nc1ccc(Oc2ccc3ncc(N4CCOCC4)nc3c2)cc1)Nc1cccc(C(F)(F)F)c1. The van der Waals surface area contributed by atoms with Crippen LogP contribution in [-0.2, 0) is 10.9 Å². The van der Waals surface area contributed by atoms with Gasteiger partial charge in [0, 0.05) is 30.5 Å². The first kappa shape index (κ1) is 24.3. The zero-order chi connectivity index (χ0) is 25.8. The Balaban J connectivity index is 1.22. The number of carbonyl (C=O) groups is 1. The zero-order valence-electron chi connectivity index (χ0n) is 19.5. The number of ether oxygens (including phenoxy) is 2. The van der Waals surface area contributed by atoms with E-state index in [4.69, 9.17) is 14.5 Å². The fourth-order valence-corrected chi connectivity index (χ4v) is 3.80. The number of carbonyl (C=O) groups excluding carboxylic acids is 1. The van der Waals surface area contributed by atoms with Crippen molar-refractivity contribution in [2.45, 2.75) is 6.18 Å². The summed E-state index contributed by atoms with van der Waals surface area (Å²) in [5, 5.41) is 4.98. The minimum Gasteiger partial charge on any atom is -0.457 e. The molecule has 1 aliphatic rings. The fraction of sp³-hybridized carbons (Fsp3) is 0.192. The van der Waals surface area contributed by atoms with Crippen LogP contribution in [0.5, 0.6) is 11.5 Å². The van der Waals surface area contributed by atoms with Crippen LogP contribution in [0.15, 0.2) is 72.9 Å². The number of nitrogens with zero attached hydrogens (tertiary/aromatic N) is 3. The summed E-state index contributed by atoms with van der Waals surface area (Å²) in [6, 6.07) is 15.8. The summed E-state index contributed by atoms with van der Waals surface area (Å²) >= 11 is 0. The van der Waals surface area contributed by atoms with Crippen LogP contribution in [0.2, 0.25) is 0 Å². The minimum atomic E-state index is -4.49. The van der Waals surface area contributed by atoms with Gasteiger partial charge in [-0.3, -0.25) is 4.98 Å². The van der Waals surface area contributed by atoms with Gasteiger partial charge in [0.25, 0.3) is 0 Å². The summed E-state index contributed by atoms with van der Waals surface area (Å²) in [7, 11) is 0. The molecule has 2 amide bonds. The number of fused-ring (bicyclic) bond motifs is 1. The monoisotopic (exact) mass is 509 g/mol. The van der Waals surface area contributed by atoms with Gasteiger partial charge in [0.15, 0.2) is 0 Å². The maximum Gasteiger partial charge on any atom is 0.416 e. The molecule has 190 valence electrons. The molecule has 1 aliphatic heterocycles. The van der Waals surface area contributed by atoms with Crippen molar-refractivity contribution in [3.8, 4) is 11.5 Å². The number of anilines is 3. The quantitative estimate of drug-likeness (QED) is 0.347. The molecule has 0 bridgehead atoms. The molecule has 0 radical (unpaired) electrons. The molecule has 0 atom stereocenters. The maximum atomic E-state index is 12.9. The highest BCUT2D eigenvalue weighted by Gasteiger charge is 2.30. The third kappa shape index (κ3) is 6.07. The van der Waals surface area contributed by atoms with Gasteiger partial charge in [-0.05, 0) is 54.6 Å². The lowest BCUT2D eigenvalue weighted by Crippen LogP contribution is -2.36. The van der Waals surface area contributed by atoms with E-state index < -0.39 is 17.8 Å². The second-order valence-electron chi connectivity index (χ2n) is 8.26. The summed E-state index contributed by atoms with van der Waals surface area (Å²) in [4.78, 5) is 23.6. The molecule has 37 heavy (non-hydrogen) atoms. The first-order chi connectivity index (χ1) is 17.8. The number of hydrogen-bond donors (Lipinski definition) is 2. The highest BCUT2D eigenvalue weighted by Crippen LogP contribution is 2.31. The van der Waals surface area contributed by atoms with E-state index in [1.807, 2.05) is 6.07 Å². The Morgan fingerprint density at radius 1 is 0.892 bits per heavy atom. The van der Waals surface area contributed by atoms with E-state index in [1.54, 1.807) is 42.6 Å². The predicted octanol–water partition coefficient (Wildman–Crippen LogP) is 5.92. The summed E-state index contributed by atoms with van der Waals surface area (Å²) in [5.41, 5.74) is 1.07. The number of aromatic nitrogens is 2. The van der Waals surface area contributed by atoms with Crippen LogP contribution in [-0.4, -0.2) is 42.3 Å². The van der Waals surface area contributed by atoms with Crippen molar-refractivity contribution in [2.24, 2.45) is 0 Å². The van der Waals surface area contributed by atoms with Crippen molar-refractivity contribution in [2.75, 3.05) is 41.8 Å². The summed E-state index contributed by atoms with van der Waals surface area (Å²) in [6.07, 6.45) is -2.74. The van der Waals surface area contributed by atoms with Gasteiger partial charge in [0.2, 0.25) is 0 Å². The molecule has 11 heteroatoms. The van der Waals surface area contributed by atoms with Gasteiger partial charge < -0.3 is 25.0 Å². The number of alkyl halides is 3. The smallest absolute Gasteiger partial charge is 0.416 e. The molecule has 8 nitrogen and oxygen atoms in total. The molecule has 2 N–H and O–H groups in total. The Labute approximate surface area is 210 Å². The van der Waals surface area contributed by atoms with E-state index in [1.165, 1.54) is 12.1 Å². The van der Waals surface area contributed by atoms with Crippen LogP contribution in [0.3, 0.4) is 0 Å². The normalized spacial score (nSPS) is 13.9. The van der Waals surface area contributed by atoms with Crippen molar-refractivity contribution in [1.29, 1.82) is 0 Å². The Hall–Kier alpha value is -4.38. The molecule has 0 spiro atoms. The largest absolute Gasteiger partial charge is 0.457 e. The highest BCUT2D eigenvalue weighted by molar-refractivity contribution is 5.99. The van der Waals surface area contributed by atoms with E-state index in [9.17, 15) is 18.0 Å². The van der Waals surface area contributed by atoms with Gasteiger partial charge in [0.1, 0.15) is 17.3 Å². The molecular weight excluding hydrogens is 487 g/mol. The predicted molar refractivity (Wildman–Crippen MR) is 133 cm³/mol. The standard InChI is InChI=1S/C26H22F3N5O3/c27-26(28,29)17-2-1-3-19(14-17)32-25(35)31-18-4-6-20(7-5-18)37-21-8-9-22-23(15-21)33-24(16-30-22)34-10-12-36-13-11-34/h1-9,14-16H,10-13H2,(H2,31,32,35). The fourth-order valence-electron chi connectivity index (χ4n) is 3.80. The van der Waals surface area contributed by atoms with E-state index in [2.05, 4.69) is 20.5 Å². The number of urea groups is 1. The van der Waals surface area contributed by atoms with Crippen LogP contribution < -0.4 is 20.3 Å². The number of nitrogens with one attached hydrogen (secondary N) is 2. The molecule has 5 rings (SSSR count). The van der Waals surface area contributed by atoms with Crippen LogP contribution in [0.25, 0.3) is 11.0 Å². The Morgan fingerprint density at radius 3 is 2.38 bits per heavy atom. The van der Waals surface area contributed by atoms with Crippen molar-refractivity contribution >= 4 is 34.3 Å². The molecule has 0 aliphatic carbocycles. The summed E-state index contributed by atoms with van der Waals surface area (Å²) in [6.45, 7) is 2.82. The van der Waals surface area contributed by atoms with Crippen molar-refractivity contribution in [3.63, 3.8) is 0 Å². The van der Waals surface area contributed by atoms with Crippen molar-refractivity contribution in [3.05, 3.63) is 78.5 Å². The van der Waals surface area contributed by atoms with Gasteiger partial charge in [-0.1, -0.05) is 6.07 Å². The van der Waals surface area contributed by atoms with Crippen LogP contribution in [0.4, 0.5) is 35.2 Å². The first-order valence-corrected chi connectivity index (χ1v) is 11.5. The van der Waals surface area contributed by atoms with Gasteiger partial charge in [0.05, 0.1) is 36.0 Å². The topological polar surface area (TPSA) is 88.6 Å². The van der Waals surface area contributed by atoms with E-state index in [0.29, 0.717) is 35.9 Å². The summed E-state index contributed by atoms with van der Waals surface area (Å²) < 4.78 is 49.9. The van der Waals surface area contributed by atoms with Crippen molar-refractivity contribution < 1.29 is 27.4 Å².